The maximum Gasteiger partial charge on any atom is 0.294 e. The predicted octanol–water partition coefficient (Wildman–Crippen LogP) is 2.84. The SMILES string of the molecule is CC[N+]1(c2ccc(N=C(C(=O)Nc3cc(S(=O)(=O)O)ccc3C)C3=Nc4ccccc4S(=O)(=O)N3C)c(C)c2)CC1NS(C)(=O)=O. The molecule has 46 heavy (non-hydrogen) atoms. The van der Waals surface area contributed by atoms with Gasteiger partial charge in [-0.2, -0.15) is 13.1 Å². The van der Waals surface area contributed by atoms with Gasteiger partial charge in [0, 0.05) is 24.9 Å². The number of aryl methyl sites for hydroxylation is 2. The Morgan fingerprint density at radius 1 is 1.07 bits per heavy atom. The molecule has 0 spiro atoms. The number of amides is 1. The highest BCUT2D eigenvalue weighted by Crippen LogP contribution is 2.40. The number of sulfonamides is 2. The van der Waals surface area contributed by atoms with Gasteiger partial charge in [0.25, 0.3) is 26.0 Å². The Morgan fingerprint density at radius 3 is 2.39 bits per heavy atom. The molecule has 0 radical (unpaired) electrons. The van der Waals surface area contributed by atoms with Crippen molar-refractivity contribution in [2.24, 2.45) is 9.98 Å². The number of rotatable bonds is 9. The summed E-state index contributed by atoms with van der Waals surface area (Å²) in [7, 11) is -10.9. The quantitative estimate of drug-likeness (QED) is 0.132. The zero-order valence-electron chi connectivity index (χ0n) is 25.6. The third kappa shape index (κ3) is 6.33. The standard InChI is InChI=1S/C29H32N6O8S3/c1-6-35(17-26(35)33-44(5,37)38)20-12-14-22(19(3)15-20)30-27(28-31-23-9-7-8-10-25(23)45(39,40)34(28)4)29(36)32-24-16-21(46(41,42)43)13-11-18(24)2/h7-16,26,33H,6,17H2,1-5H3,(H-,32,36,41,42,43)/p+1. The number of benzene rings is 3. The average Bonchev–Trinajstić information content (AvgIpc) is 3.67. The monoisotopic (exact) mass is 689 g/mol. The zero-order valence-corrected chi connectivity index (χ0v) is 28.0. The van der Waals surface area contributed by atoms with Gasteiger partial charge >= 0.3 is 0 Å². The van der Waals surface area contributed by atoms with Crippen molar-refractivity contribution in [2.75, 3.05) is 31.7 Å². The Balaban J connectivity index is 1.62. The number of para-hydroxylation sites is 1. The predicted molar refractivity (Wildman–Crippen MR) is 175 cm³/mol. The van der Waals surface area contributed by atoms with Crippen LogP contribution < -0.4 is 14.5 Å². The van der Waals surface area contributed by atoms with Crippen LogP contribution in [0.5, 0.6) is 0 Å². The number of likely N-dealkylation sites (N-methyl/N-ethyl adjacent to an activating group) is 1. The molecule has 2 heterocycles. The van der Waals surface area contributed by atoms with Crippen LogP contribution in [0, 0.1) is 13.8 Å². The Morgan fingerprint density at radius 2 is 1.76 bits per heavy atom. The largest absolute Gasteiger partial charge is 0.320 e. The van der Waals surface area contributed by atoms with E-state index in [1.54, 1.807) is 38.1 Å². The van der Waals surface area contributed by atoms with Crippen molar-refractivity contribution in [3.8, 4) is 0 Å². The number of nitrogens with one attached hydrogen (secondary N) is 2. The number of fused-ring (bicyclic) bond motifs is 1. The minimum atomic E-state index is -4.59. The fourth-order valence-corrected chi connectivity index (χ4v) is 7.88. The number of hydrogen-bond acceptors (Lipinski definition) is 9. The summed E-state index contributed by atoms with van der Waals surface area (Å²) in [6.07, 6.45) is 0.780. The summed E-state index contributed by atoms with van der Waals surface area (Å²) >= 11 is 0. The molecule has 14 nitrogen and oxygen atoms in total. The van der Waals surface area contributed by atoms with Gasteiger partial charge in [-0.25, -0.2) is 26.8 Å². The second kappa shape index (κ2) is 11.7. The number of aliphatic imine (C=N–C) groups is 2. The van der Waals surface area contributed by atoms with Gasteiger partial charge in [0.1, 0.15) is 10.6 Å². The Labute approximate surface area is 267 Å². The van der Waals surface area contributed by atoms with Gasteiger partial charge in [-0.15, -0.1) is 0 Å². The number of carbonyl (C=O) groups is 1. The summed E-state index contributed by atoms with van der Waals surface area (Å²) < 4.78 is 87.6. The van der Waals surface area contributed by atoms with E-state index in [0.717, 1.165) is 22.3 Å². The van der Waals surface area contributed by atoms with Gasteiger partial charge in [-0.05, 0) is 62.2 Å². The van der Waals surface area contributed by atoms with Crippen molar-refractivity contribution in [1.82, 2.24) is 13.5 Å². The fraction of sp³-hybridized carbons (Fsp3) is 0.276. The molecule has 1 amide bonds. The maximum absolute atomic E-state index is 13.9. The molecule has 0 bridgehead atoms. The van der Waals surface area contributed by atoms with Gasteiger partial charge in [0.05, 0.1) is 29.1 Å². The van der Waals surface area contributed by atoms with Crippen LogP contribution in [0.3, 0.4) is 0 Å². The molecule has 17 heteroatoms. The van der Waals surface area contributed by atoms with E-state index < -0.39 is 41.0 Å². The van der Waals surface area contributed by atoms with E-state index in [4.69, 9.17) is 0 Å². The highest BCUT2D eigenvalue weighted by molar-refractivity contribution is 7.90. The van der Waals surface area contributed by atoms with Gasteiger partial charge in [-0.3, -0.25) is 18.1 Å². The van der Waals surface area contributed by atoms with Crippen LogP contribution in [-0.2, 0) is 35.0 Å². The molecule has 2 atom stereocenters. The molecule has 0 aliphatic carbocycles. The first kappa shape index (κ1) is 33.4. The lowest BCUT2D eigenvalue weighted by Gasteiger charge is -2.27. The number of anilines is 1. The third-order valence-corrected chi connectivity index (χ3v) is 11.4. The number of nitrogens with zero attached hydrogens (tertiary/aromatic N) is 4. The van der Waals surface area contributed by atoms with Crippen LogP contribution in [0.2, 0.25) is 0 Å². The van der Waals surface area contributed by atoms with Crippen LogP contribution in [0.1, 0.15) is 18.1 Å². The smallest absolute Gasteiger partial charge is 0.294 e. The van der Waals surface area contributed by atoms with Crippen LogP contribution in [-0.4, -0.2) is 84.1 Å². The minimum absolute atomic E-state index is 0.0440. The second-order valence-corrected chi connectivity index (χ2v) is 16.3. The van der Waals surface area contributed by atoms with Crippen LogP contribution in [0.4, 0.5) is 22.7 Å². The lowest BCUT2D eigenvalue weighted by atomic mass is 10.1. The number of amidine groups is 1. The first-order valence-corrected chi connectivity index (χ1v) is 18.7. The van der Waals surface area contributed by atoms with Crippen molar-refractivity contribution in [2.45, 2.75) is 36.7 Å². The van der Waals surface area contributed by atoms with E-state index >= 15 is 0 Å². The highest BCUT2D eigenvalue weighted by atomic mass is 32.2. The number of carbonyl (C=O) groups excluding carboxylic acids is 1. The lowest BCUT2D eigenvalue weighted by Crippen LogP contribution is -2.44. The summed E-state index contributed by atoms with van der Waals surface area (Å²) in [5, 5.41) is 2.60. The Bertz CT molecular complexity index is 2170. The summed E-state index contributed by atoms with van der Waals surface area (Å²) in [6, 6.07) is 15.0. The molecule has 2 unspecified atom stereocenters. The molecule has 244 valence electrons. The molecule has 0 saturated carbocycles. The fourth-order valence-electron chi connectivity index (χ4n) is 5.32. The molecule has 0 aromatic heterocycles. The molecule has 5 rings (SSSR count). The minimum Gasteiger partial charge on any atom is -0.320 e. The van der Waals surface area contributed by atoms with E-state index in [-0.39, 0.29) is 34.0 Å². The second-order valence-electron chi connectivity index (χ2n) is 11.2. The first-order valence-electron chi connectivity index (χ1n) is 14.0. The molecule has 3 aromatic rings. The molecular weight excluding hydrogens is 657 g/mol. The van der Waals surface area contributed by atoms with E-state index in [9.17, 15) is 34.6 Å². The molecule has 2 aliphatic heterocycles. The topological polar surface area (TPSA) is 192 Å². The number of hydrogen-bond donors (Lipinski definition) is 3. The van der Waals surface area contributed by atoms with Crippen LogP contribution >= 0.6 is 0 Å². The summed E-state index contributed by atoms with van der Waals surface area (Å²) in [5.74, 6) is -1.16. The summed E-state index contributed by atoms with van der Waals surface area (Å²) in [4.78, 5) is 22.5. The van der Waals surface area contributed by atoms with Crippen molar-refractivity contribution < 1.29 is 34.6 Å². The molecule has 2 aliphatic rings. The third-order valence-electron chi connectivity index (χ3n) is 8.01. The van der Waals surface area contributed by atoms with Gasteiger partial charge in [0.15, 0.2) is 18.1 Å². The van der Waals surface area contributed by atoms with Crippen molar-refractivity contribution in [3.63, 3.8) is 0 Å². The van der Waals surface area contributed by atoms with Crippen LogP contribution in [0.25, 0.3) is 0 Å². The highest BCUT2D eigenvalue weighted by Gasteiger charge is 2.57. The maximum atomic E-state index is 13.9. The molecular formula is C29H33N6O8S3+. The van der Waals surface area contributed by atoms with E-state index in [2.05, 4.69) is 20.0 Å². The summed E-state index contributed by atoms with van der Waals surface area (Å²) in [6.45, 7) is 6.48. The van der Waals surface area contributed by atoms with Crippen LogP contribution in [0.15, 0.2) is 80.4 Å². The zero-order chi connectivity index (χ0) is 33.8. The Hall–Kier alpha value is -4.00. The van der Waals surface area contributed by atoms with E-state index in [0.29, 0.717) is 34.4 Å². The Kier molecular flexibility index (Phi) is 8.46. The van der Waals surface area contributed by atoms with Crippen molar-refractivity contribution in [1.29, 1.82) is 0 Å². The van der Waals surface area contributed by atoms with E-state index in [1.165, 1.54) is 31.3 Å². The van der Waals surface area contributed by atoms with Gasteiger partial charge < -0.3 is 5.32 Å². The van der Waals surface area contributed by atoms with Crippen molar-refractivity contribution >= 4 is 70.4 Å². The van der Waals surface area contributed by atoms with Crippen molar-refractivity contribution in [3.05, 3.63) is 71.8 Å². The van der Waals surface area contributed by atoms with E-state index in [1.807, 2.05) is 13.0 Å². The molecule has 1 saturated heterocycles. The molecule has 3 N–H and O–H groups in total. The number of quaternary nitrogens is 1. The average molecular weight is 690 g/mol. The summed E-state index contributed by atoms with van der Waals surface area (Å²) in [5.41, 5.74) is 1.99. The lowest BCUT2D eigenvalue weighted by molar-refractivity contribution is -0.110. The first-order chi connectivity index (χ1) is 21.4. The van der Waals surface area contributed by atoms with Gasteiger partial charge in [-0.1, -0.05) is 18.2 Å². The molecule has 1 fully saturated rings. The van der Waals surface area contributed by atoms with Gasteiger partial charge in [0.2, 0.25) is 16.2 Å². The normalized spacial score (nSPS) is 20.9. The molecule has 3 aromatic carbocycles.